The quantitative estimate of drug-likeness (QED) is 0.939. The van der Waals surface area contributed by atoms with Crippen LogP contribution in [0.5, 0.6) is 0 Å². The van der Waals surface area contributed by atoms with Crippen molar-refractivity contribution in [3.8, 4) is 0 Å². The van der Waals surface area contributed by atoms with Gasteiger partial charge >= 0.3 is 0 Å². The molecule has 0 bridgehead atoms. The van der Waals surface area contributed by atoms with E-state index in [0.29, 0.717) is 5.56 Å². The maximum Gasteiger partial charge on any atom is 0.251 e. The molecule has 1 fully saturated rings. The summed E-state index contributed by atoms with van der Waals surface area (Å²) in [5.74, 6) is 1.09. The molecule has 1 aliphatic heterocycles. The number of carbonyl (C=O) groups excluding carboxylic acids is 1. The van der Waals surface area contributed by atoms with Gasteiger partial charge in [-0.1, -0.05) is 0 Å². The highest BCUT2D eigenvalue weighted by molar-refractivity contribution is 5.94. The van der Waals surface area contributed by atoms with Gasteiger partial charge in [-0.25, -0.2) is 0 Å². The summed E-state index contributed by atoms with van der Waals surface area (Å²) < 4.78 is 1.91. The van der Waals surface area contributed by atoms with Crippen molar-refractivity contribution in [3.05, 3.63) is 41.3 Å². The SMILES string of the molecule is Cc1cc(C(=O)NC2CCCN(c3cc(C)nn3C)C2)ccn1. The number of hydrogen-bond donors (Lipinski definition) is 1. The lowest BCUT2D eigenvalue weighted by molar-refractivity contribution is 0.0933. The van der Waals surface area contributed by atoms with Crippen LogP contribution in [-0.2, 0) is 7.05 Å². The van der Waals surface area contributed by atoms with Crippen LogP contribution in [0.25, 0.3) is 0 Å². The van der Waals surface area contributed by atoms with E-state index in [2.05, 4.69) is 26.4 Å². The average molecular weight is 313 g/mol. The van der Waals surface area contributed by atoms with Gasteiger partial charge in [-0.15, -0.1) is 0 Å². The van der Waals surface area contributed by atoms with Crippen LogP contribution in [-0.4, -0.2) is 39.8 Å². The van der Waals surface area contributed by atoms with Gasteiger partial charge in [-0.05, 0) is 38.8 Å². The van der Waals surface area contributed by atoms with Gasteiger partial charge in [0.1, 0.15) is 5.82 Å². The van der Waals surface area contributed by atoms with E-state index in [-0.39, 0.29) is 11.9 Å². The molecule has 1 saturated heterocycles. The van der Waals surface area contributed by atoms with Gasteiger partial charge in [0.25, 0.3) is 5.91 Å². The van der Waals surface area contributed by atoms with E-state index in [0.717, 1.165) is 43.1 Å². The smallest absolute Gasteiger partial charge is 0.251 e. The Hall–Kier alpha value is -2.37. The molecule has 3 heterocycles. The molecule has 1 amide bonds. The van der Waals surface area contributed by atoms with Crippen molar-refractivity contribution in [2.75, 3.05) is 18.0 Å². The number of nitrogens with zero attached hydrogens (tertiary/aromatic N) is 4. The zero-order valence-electron chi connectivity index (χ0n) is 13.9. The minimum absolute atomic E-state index is 0.0245. The highest BCUT2D eigenvalue weighted by Crippen LogP contribution is 2.20. The largest absolute Gasteiger partial charge is 0.355 e. The third kappa shape index (κ3) is 3.52. The van der Waals surface area contributed by atoms with Crippen LogP contribution in [0.15, 0.2) is 24.4 Å². The van der Waals surface area contributed by atoms with E-state index in [1.807, 2.05) is 31.6 Å². The second-order valence-corrected chi connectivity index (χ2v) is 6.21. The van der Waals surface area contributed by atoms with Crippen LogP contribution in [0.3, 0.4) is 0 Å². The van der Waals surface area contributed by atoms with Crippen LogP contribution >= 0.6 is 0 Å². The van der Waals surface area contributed by atoms with Crippen molar-refractivity contribution in [1.29, 1.82) is 0 Å². The van der Waals surface area contributed by atoms with Crippen LogP contribution in [0.2, 0.25) is 0 Å². The molecule has 3 rings (SSSR count). The third-order valence-electron chi connectivity index (χ3n) is 4.22. The van der Waals surface area contributed by atoms with Crippen LogP contribution in [0.4, 0.5) is 5.82 Å². The molecular formula is C17H23N5O. The minimum Gasteiger partial charge on any atom is -0.355 e. The second kappa shape index (κ2) is 6.40. The number of hydrogen-bond acceptors (Lipinski definition) is 4. The Balaban J connectivity index is 1.67. The fourth-order valence-electron chi connectivity index (χ4n) is 3.15. The number of pyridine rings is 1. The molecular weight excluding hydrogens is 290 g/mol. The summed E-state index contributed by atoms with van der Waals surface area (Å²) >= 11 is 0. The van der Waals surface area contributed by atoms with Crippen molar-refractivity contribution >= 4 is 11.7 Å². The number of carbonyl (C=O) groups is 1. The molecule has 0 spiro atoms. The van der Waals surface area contributed by atoms with Crippen molar-refractivity contribution in [2.24, 2.45) is 7.05 Å². The van der Waals surface area contributed by atoms with Gasteiger partial charge in [-0.3, -0.25) is 14.5 Å². The lowest BCUT2D eigenvalue weighted by Crippen LogP contribution is -2.48. The molecule has 0 saturated carbocycles. The Labute approximate surface area is 136 Å². The van der Waals surface area contributed by atoms with Gasteiger partial charge < -0.3 is 10.2 Å². The molecule has 2 aromatic heterocycles. The first-order chi connectivity index (χ1) is 11.0. The van der Waals surface area contributed by atoms with Gasteiger partial charge in [0.2, 0.25) is 0 Å². The Morgan fingerprint density at radius 1 is 1.30 bits per heavy atom. The number of rotatable bonds is 3. The molecule has 6 nitrogen and oxygen atoms in total. The molecule has 1 atom stereocenters. The molecule has 2 aromatic rings. The van der Waals surface area contributed by atoms with Gasteiger partial charge in [0.15, 0.2) is 0 Å². The first-order valence-electron chi connectivity index (χ1n) is 8.02. The van der Waals surface area contributed by atoms with Crippen molar-refractivity contribution in [1.82, 2.24) is 20.1 Å². The summed E-state index contributed by atoms with van der Waals surface area (Å²) in [6, 6.07) is 5.82. The Kier molecular flexibility index (Phi) is 4.32. The minimum atomic E-state index is -0.0245. The monoisotopic (exact) mass is 313 g/mol. The maximum atomic E-state index is 12.4. The fourth-order valence-corrected chi connectivity index (χ4v) is 3.15. The molecule has 0 radical (unpaired) electrons. The van der Waals surface area contributed by atoms with Gasteiger partial charge in [0, 0.05) is 49.7 Å². The Morgan fingerprint density at radius 3 is 2.83 bits per heavy atom. The Morgan fingerprint density at radius 2 is 2.13 bits per heavy atom. The number of amides is 1. The van der Waals surface area contributed by atoms with E-state index >= 15 is 0 Å². The number of nitrogens with one attached hydrogen (secondary N) is 1. The number of aryl methyl sites for hydroxylation is 3. The zero-order valence-corrected chi connectivity index (χ0v) is 13.9. The van der Waals surface area contributed by atoms with Crippen LogP contribution in [0.1, 0.15) is 34.6 Å². The lowest BCUT2D eigenvalue weighted by atomic mass is 10.0. The molecule has 0 aromatic carbocycles. The third-order valence-corrected chi connectivity index (χ3v) is 4.22. The van der Waals surface area contributed by atoms with E-state index in [1.54, 1.807) is 12.3 Å². The molecule has 0 aliphatic carbocycles. The predicted molar refractivity (Wildman–Crippen MR) is 89.6 cm³/mol. The van der Waals surface area contributed by atoms with E-state index in [4.69, 9.17) is 0 Å². The topological polar surface area (TPSA) is 63.1 Å². The standard InChI is InChI=1S/C17H23N5O/c1-12-9-14(6-7-18-12)17(23)19-15-5-4-8-22(11-15)16-10-13(2)20-21(16)3/h6-7,9-10,15H,4-5,8,11H2,1-3H3,(H,19,23). The number of piperidine rings is 1. The highest BCUT2D eigenvalue weighted by Gasteiger charge is 2.24. The maximum absolute atomic E-state index is 12.4. The van der Waals surface area contributed by atoms with Gasteiger partial charge in [0.05, 0.1) is 5.69 Å². The van der Waals surface area contributed by atoms with E-state index < -0.39 is 0 Å². The summed E-state index contributed by atoms with van der Waals surface area (Å²) in [5.41, 5.74) is 2.54. The van der Waals surface area contributed by atoms with Crippen molar-refractivity contribution in [2.45, 2.75) is 32.7 Å². The molecule has 1 N–H and O–H groups in total. The summed E-state index contributed by atoms with van der Waals surface area (Å²) in [6.45, 7) is 5.71. The molecule has 1 unspecified atom stereocenters. The first kappa shape index (κ1) is 15.5. The van der Waals surface area contributed by atoms with Crippen molar-refractivity contribution in [3.63, 3.8) is 0 Å². The zero-order chi connectivity index (χ0) is 16.4. The first-order valence-corrected chi connectivity index (χ1v) is 8.02. The van der Waals surface area contributed by atoms with Crippen molar-refractivity contribution < 1.29 is 4.79 Å². The van der Waals surface area contributed by atoms with Gasteiger partial charge in [-0.2, -0.15) is 5.10 Å². The molecule has 23 heavy (non-hydrogen) atoms. The number of anilines is 1. The predicted octanol–water partition coefficient (Wildman–Crippen LogP) is 1.83. The summed E-state index contributed by atoms with van der Waals surface area (Å²) in [7, 11) is 1.96. The van der Waals surface area contributed by atoms with E-state index in [9.17, 15) is 4.79 Å². The fraction of sp³-hybridized carbons (Fsp3) is 0.471. The average Bonchev–Trinajstić information content (AvgIpc) is 2.86. The highest BCUT2D eigenvalue weighted by atomic mass is 16.1. The molecule has 6 heteroatoms. The number of aromatic nitrogens is 3. The normalized spacial score (nSPS) is 18.0. The Bertz CT molecular complexity index is 709. The van der Waals surface area contributed by atoms with E-state index in [1.165, 1.54) is 0 Å². The van der Waals surface area contributed by atoms with Crippen LogP contribution < -0.4 is 10.2 Å². The lowest BCUT2D eigenvalue weighted by Gasteiger charge is -2.34. The molecule has 1 aliphatic rings. The summed E-state index contributed by atoms with van der Waals surface area (Å²) in [4.78, 5) is 18.8. The molecule has 122 valence electrons. The second-order valence-electron chi connectivity index (χ2n) is 6.21. The summed E-state index contributed by atoms with van der Waals surface area (Å²) in [6.07, 6.45) is 3.74. The van der Waals surface area contributed by atoms with Crippen LogP contribution in [0, 0.1) is 13.8 Å². The summed E-state index contributed by atoms with van der Waals surface area (Å²) in [5, 5.41) is 7.56.